The fourth-order valence-corrected chi connectivity index (χ4v) is 5.24. The molecule has 43 heavy (non-hydrogen) atoms. The third kappa shape index (κ3) is 40.9. The maximum atomic E-state index is 11.8. The van der Waals surface area contributed by atoms with E-state index in [1.54, 1.807) is 0 Å². The number of carbonyl (C=O) groups is 2. The van der Waals surface area contributed by atoms with Crippen LogP contribution in [0.15, 0.2) is 0 Å². The number of unbranched alkanes of at least 4 members (excludes halogenated alkanes) is 21. The number of aliphatic hydroxyl groups excluding tert-OH is 1. The number of rotatable bonds is 34. The van der Waals surface area contributed by atoms with Crippen LogP contribution in [0.4, 0.5) is 0 Å². The maximum absolute atomic E-state index is 11.8. The molecule has 0 unspecified atom stereocenters. The lowest BCUT2D eigenvalue weighted by Crippen LogP contribution is -2.29. The SMILES string of the molecule is CCCCCCCCCOC(=O)CCCCCCCN(CCO)CCCCCCCC.CCCCCCCCCOC=O. The topological polar surface area (TPSA) is 76.1 Å². The van der Waals surface area contributed by atoms with Crippen molar-refractivity contribution in [3.8, 4) is 0 Å². The van der Waals surface area contributed by atoms with E-state index in [1.807, 2.05) is 0 Å². The first-order valence-electron chi connectivity index (χ1n) is 18.7. The van der Waals surface area contributed by atoms with Crippen molar-refractivity contribution in [2.24, 2.45) is 0 Å². The average Bonchev–Trinajstić information content (AvgIpc) is 3.01. The molecule has 6 nitrogen and oxygen atoms in total. The standard InChI is InChI=1S/C27H55NO3.C10H20O2/c1-3-5-7-9-11-16-20-26-31-27(30)21-17-13-12-15-19-23-28(24-25-29)22-18-14-10-8-6-4-2;1-2-3-4-5-6-7-8-9-12-10-11/h29H,3-26H2,1-2H3;10H,2-9H2,1H3. The Morgan fingerprint density at radius 1 is 0.535 bits per heavy atom. The summed E-state index contributed by atoms with van der Waals surface area (Å²) < 4.78 is 9.94. The molecule has 0 saturated heterocycles. The lowest BCUT2D eigenvalue weighted by molar-refractivity contribution is -0.143. The predicted molar refractivity (Wildman–Crippen MR) is 184 cm³/mol. The van der Waals surface area contributed by atoms with Gasteiger partial charge in [0.15, 0.2) is 0 Å². The maximum Gasteiger partial charge on any atom is 0.305 e. The smallest absolute Gasteiger partial charge is 0.305 e. The molecule has 0 aromatic rings. The van der Waals surface area contributed by atoms with E-state index in [0.29, 0.717) is 26.1 Å². The molecule has 0 aromatic carbocycles. The molecule has 6 heteroatoms. The van der Waals surface area contributed by atoms with Gasteiger partial charge in [0, 0.05) is 13.0 Å². The van der Waals surface area contributed by atoms with Crippen molar-refractivity contribution in [1.29, 1.82) is 0 Å². The van der Waals surface area contributed by atoms with E-state index in [-0.39, 0.29) is 12.6 Å². The molecule has 1 N–H and O–H groups in total. The highest BCUT2D eigenvalue weighted by Gasteiger charge is 2.05. The van der Waals surface area contributed by atoms with Gasteiger partial charge in [0.05, 0.1) is 19.8 Å². The molecular formula is C37H75NO5. The Morgan fingerprint density at radius 2 is 0.930 bits per heavy atom. The third-order valence-electron chi connectivity index (χ3n) is 8.04. The summed E-state index contributed by atoms with van der Waals surface area (Å²) in [6.45, 7) is 11.7. The van der Waals surface area contributed by atoms with E-state index in [2.05, 4.69) is 30.4 Å². The van der Waals surface area contributed by atoms with Crippen LogP contribution in [0.1, 0.15) is 188 Å². The minimum Gasteiger partial charge on any atom is -0.468 e. The minimum absolute atomic E-state index is 0.0148. The third-order valence-corrected chi connectivity index (χ3v) is 8.04. The first-order valence-corrected chi connectivity index (χ1v) is 18.7. The molecule has 0 saturated carbocycles. The van der Waals surface area contributed by atoms with Gasteiger partial charge in [-0.25, -0.2) is 0 Å². The predicted octanol–water partition coefficient (Wildman–Crippen LogP) is 10.2. The summed E-state index contributed by atoms with van der Waals surface area (Å²) in [5.74, 6) is -0.0148. The normalized spacial score (nSPS) is 10.9. The summed E-state index contributed by atoms with van der Waals surface area (Å²) in [6, 6.07) is 0. The number of nitrogens with zero attached hydrogens (tertiary/aromatic N) is 1. The molecule has 0 fully saturated rings. The Kier molecular flexibility index (Phi) is 41.8. The molecule has 0 heterocycles. The van der Waals surface area contributed by atoms with Crippen molar-refractivity contribution >= 4 is 12.4 Å². The second kappa shape index (κ2) is 40.9. The number of ether oxygens (including phenoxy) is 2. The lowest BCUT2D eigenvalue weighted by atomic mass is 10.1. The molecule has 0 spiro atoms. The van der Waals surface area contributed by atoms with Gasteiger partial charge in [0.2, 0.25) is 0 Å². The Bertz CT molecular complexity index is 531. The van der Waals surface area contributed by atoms with Crippen LogP contribution in [-0.2, 0) is 19.1 Å². The average molecular weight is 614 g/mol. The Morgan fingerprint density at radius 3 is 1.37 bits per heavy atom. The Hall–Kier alpha value is -1.14. The van der Waals surface area contributed by atoms with Gasteiger partial charge in [-0.1, -0.05) is 149 Å². The molecule has 0 amide bonds. The molecule has 0 aliphatic carbocycles. The summed E-state index contributed by atoms with van der Waals surface area (Å²) >= 11 is 0. The summed E-state index contributed by atoms with van der Waals surface area (Å²) in [7, 11) is 0. The van der Waals surface area contributed by atoms with E-state index >= 15 is 0 Å². The van der Waals surface area contributed by atoms with Crippen molar-refractivity contribution < 1.29 is 24.2 Å². The second-order valence-electron chi connectivity index (χ2n) is 12.3. The minimum atomic E-state index is -0.0148. The number of esters is 1. The number of carbonyl (C=O) groups excluding carboxylic acids is 2. The van der Waals surface area contributed by atoms with E-state index < -0.39 is 0 Å². The van der Waals surface area contributed by atoms with Gasteiger partial charge < -0.3 is 19.5 Å². The van der Waals surface area contributed by atoms with E-state index in [9.17, 15) is 14.7 Å². The lowest BCUT2D eigenvalue weighted by Gasteiger charge is -2.21. The molecule has 0 aliphatic rings. The first kappa shape index (κ1) is 44.0. The molecule has 0 bridgehead atoms. The van der Waals surface area contributed by atoms with E-state index in [4.69, 9.17) is 4.74 Å². The van der Waals surface area contributed by atoms with Crippen LogP contribution in [-0.4, -0.2) is 61.9 Å². The second-order valence-corrected chi connectivity index (χ2v) is 12.3. The zero-order valence-corrected chi connectivity index (χ0v) is 29.2. The fourth-order valence-electron chi connectivity index (χ4n) is 5.24. The van der Waals surface area contributed by atoms with Gasteiger partial charge >= 0.3 is 5.97 Å². The van der Waals surface area contributed by atoms with Gasteiger partial charge in [0.25, 0.3) is 6.47 Å². The van der Waals surface area contributed by atoms with Gasteiger partial charge in [0.1, 0.15) is 0 Å². The number of aliphatic hydroxyl groups is 1. The monoisotopic (exact) mass is 614 g/mol. The van der Waals surface area contributed by atoms with Crippen molar-refractivity contribution in [3.63, 3.8) is 0 Å². The van der Waals surface area contributed by atoms with Crippen LogP contribution in [0.3, 0.4) is 0 Å². The highest BCUT2D eigenvalue weighted by Crippen LogP contribution is 2.11. The quantitative estimate of drug-likeness (QED) is 0.0442. The van der Waals surface area contributed by atoms with Gasteiger partial charge in [-0.2, -0.15) is 0 Å². The molecule has 0 rings (SSSR count). The van der Waals surface area contributed by atoms with Gasteiger partial charge in [-0.15, -0.1) is 0 Å². The van der Waals surface area contributed by atoms with Crippen LogP contribution in [0.2, 0.25) is 0 Å². The molecular weight excluding hydrogens is 538 g/mol. The van der Waals surface area contributed by atoms with Crippen LogP contribution in [0.5, 0.6) is 0 Å². The molecule has 258 valence electrons. The molecule has 0 aromatic heterocycles. The Balaban J connectivity index is 0. The highest BCUT2D eigenvalue weighted by atomic mass is 16.5. The molecule has 0 atom stereocenters. The van der Waals surface area contributed by atoms with E-state index in [1.165, 1.54) is 135 Å². The molecule has 0 radical (unpaired) electrons. The summed E-state index contributed by atoms with van der Waals surface area (Å²) in [4.78, 5) is 24.0. The summed E-state index contributed by atoms with van der Waals surface area (Å²) in [6.07, 6.45) is 31.8. The zero-order valence-electron chi connectivity index (χ0n) is 29.2. The van der Waals surface area contributed by atoms with Crippen LogP contribution in [0, 0.1) is 0 Å². The highest BCUT2D eigenvalue weighted by molar-refractivity contribution is 5.69. The van der Waals surface area contributed by atoms with Crippen molar-refractivity contribution in [3.05, 3.63) is 0 Å². The number of hydrogen-bond acceptors (Lipinski definition) is 6. The van der Waals surface area contributed by atoms with Crippen LogP contribution >= 0.6 is 0 Å². The van der Waals surface area contributed by atoms with Gasteiger partial charge in [-0.3, -0.25) is 9.59 Å². The van der Waals surface area contributed by atoms with Gasteiger partial charge in [-0.05, 0) is 45.2 Å². The summed E-state index contributed by atoms with van der Waals surface area (Å²) in [5.41, 5.74) is 0. The zero-order chi connectivity index (χ0) is 31.9. The molecule has 0 aliphatic heterocycles. The van der Waals surface area contributed by atoms with Crippen molar-refractivity contribution in [2.45, 2.75) is 188 Å². The first-order chi connectivity index (χ1) is 21.2. The van der Waals surface area contributed by atoms with Crippen LogP contribution in [0.25, 0.3) is 0 Å². The fraction of sp³-hybridized carbons (Fsp3) is 0.946. The van der Waals surface area contributed by atoms with Crippen molar-refractivity contribution in [1.82, 2.24) is 4.90 Å². The summed E-state index contributed by atoms with van der Waals surface area (Å²) in [5, 5.41) is 9.28. The Labute approximate surface area is 268 Å². The number of hydrogen-bond donors (Lipinski definition) is 1. The van der Waals surface area contributed by atoms with Crippen LogP contribution < -0.4 is 0 Å². The van der Waals surface area contributed by atoms with Crippen molar-refractivity contribution in [2.75, 3.05) is 39.5 Å². The van der Waals surface area contributed by atoms with E-state index in [0.717, 1.165) is 45.3 Å². The largest absolute Gasteiger partial charge is 0.468 e.